The van der Waals surface area contributed by atoms with E-state index in [1.165, 1.54) is 0 Å². The van der Waals surface area contributed by atoms with Crippen LogP contribution in [0.15, 0.2) is 67.0 Å². The molecule has 0 unspecified atom stereocenters. The highest BCUT2D eigenvalue weighted by molar-refractivity contribution is 6.04. The molecule has 2 aromatic carbocycles. The van der Waals surface area contributed by atoms with Gasteiger partial charge in [-0.2, -0.15) is 0 Å². The van der Waals surface area contributed by atoms with Gasteiger partial charge in [-0.25, -0.2) is 4.68 Å². The van der Waals surface area contributed by atoms with Gasteiger partial charge in [0.15, 0.2) is 17.3 Å². The molecule has 2 aromatic heterocycles. The van der Waals surface area contributed by atoms with Crippen LogP contribution in [0.5, 0.6) is 11.5 Å². The summed E-state index contributed by atoms with van der Waals surface area (Å²) < 4.78 is 13.5. The predicted molar refractivity (Wildman–Crippen MR) is 126 cm³/mol. The first-order valence-electron chi connectivity index (χ1n) is 11.2. The summed E-state index contributed by atoms with van der Waals surface area (Å²) in [6.07, 6.45) is 5.60. The van der Waals surface area contributed by atoms with Gasteiger partial charge in [-0.15, -0.1) is 5.10 Å². The lowest BCUT2D eigenvalue weighted by Crippen LogP contribution is -2.12. The number of hydrogen-bond acceptors (Lipinski definition) is 7. The second-order valence-electron chi connectivity index (χ2n) is 7.95. The van der Waals surface area contributed by atoms with E-state index in [0.717, 1.165) is 24.0 Å². The zero-order valence-electron chi connectivity index (χ0n) is 18.7. The van der Waals surface area contributed by atoms with Gasteiger partial charge in [-0.1, -0.05) is 12.1 Å². The van der Waals surface area contributed by atoms with Crippen molar-refractivity contribution in [3.8, 4) is 22.9 Å². The van der Waals surface area contributed by atoms with Gasteiger partial charge in [0.2, 0.25) is 0 Å². The molecule has 9 heteroatoms. The monoisotopic (exact) mass is 456 g/mol. The first kappa shape index (κ1) is 21.6. The van der Waals surface area contributed by atoms with E-state index in [9.17, 15) is 4.79 Å². The van der Waals surface area contributed by atoms with Crippen LogP contribution in [0.2, 0.25) is 0 Å². The molecule has 0 aliphatic heterocycles. The molecule has 34 heavy (non-hydrogen) atoms. The molecule has 1 aliphatic carbocycles. The lowest BCUT2D eigenvalue weighted by molar-refractivity contribution is 0.102. The van der Waals surface area contributed by atoms with Gasteiger partial charge in [0.1, 0.15) is 6.61 Å². The number of benzene rings is 2. The van der Waals surface area contributed by atoms with Crippen molar-refractivity contribution in [2.45, 2.75) is 32.4 Å². The van der Waals surface area contributed by atoms with Crippen LogP contribution in [0.1, 0.15) is 41.7 Å². The summed E-state index contributed by atoms with van der Waals surface area (Å²) in [5.74, 6) is 1.54. The van der Waals surface area contributed by atoms with Crippen LogP contribution in [0.25, 0.3) is 11.4 Å². The summed E-state index contributed by atoms with van der Waals surface area (Å²) in [5, 5.41) is 15.0. The SMILES string of the molecule is CCOc1cc(C(=O)Nc2cccc(-c3nnnn3C3CC3)c2)ccc1OCc1ccncc1. The molecule has 1 aliphatic rings. The zero-order valence-corrected chi connectivity index (χ0v) is 18.7. The Labute approximate surface area is 196 Å². The van der Waals surface area contributed by atoms with Crippen LogP contribution in [-0.2, 0) is 6.61 Å². The van der Waals surface area contributed by atoms with E-state index in [0.29, 0.717) is 47.8 Å². The number of nitrogens with zero attached hydrogens (tertiary/aromatic N) is 5. The maximum Gasteiger partial charge on any atom is 0.255 e. The third-order valence-electron chi connectivity index (χ3n) is 5.41. The minimum absolute atomic E-state index is 0.249. The van der Waals surface area contributed by atoms with Gasteiger partial charge >= 0.3 is 0 Å². The van der Waals surface area contributed by atoms with E-state index < -0.39 is 0 Å². The fourth-order valence-electron chi connectivity index (χ4n) is 3.56. The molecule has 0 spiro atoms. The Bertz CT molecular complexity index is 1290. The van der Waals surface area contributed by atoms with E-state index in [2.05, 4.69) is 25.8 Å². The zero-order chi connectivity index (χ0) is 23.3. The van der Waals surface area contributed by atoms with Crippen LogP contribution in [0, 0.1) is 0 Å². The Kier molecular flexibility index (Phi) is 6.15. The smallest absolute Gasteiger partial charge is 0.255 e. The number of carbonyl (C=O) groups excluding carboxylic acids is 1. The van der Waals surface area contributed by atoms with Gasteiger partial charge in [-0.05, 0) is 78.2 Å². The standard InChI is InChI=1S/C25H24N6O3/c1-2-33-23-15-19(6-9-22(23)34-16-17-10-12-26-13-11-17)25(32)27-20-5-3-4-18(14-20)24-28-29-30-31(24)21-7-8-21/h3-6,9-15,21H,2,7-8,16H2,1H3,(H,27,32). The number of nitrogens with one attached hydrogen (secondary N) is 1. The summed E-state index contributed by atoms with van der Waals surface area (Å²) in [5.41, 5.74) is 2.97. The molecular weight excluding hydrogens is 432 g/mol. The van der Waals surface area contributed by atoms with Gasteiger partial charge in [-0.3, -0.25) is 9.78 Å². The van der Waals surface area contributed by atoms with E-state index >= 15 is 0 Å². The number of carbonyl (C=O) groups is 1. The highest BCUT2D eigenvalue weighted by atomic mass is 16.5. The fourth-order valence-corrected chi connectivity index (χ4v) is 3.56. The fraction of sp³-hybridized carbons (Fsp3) is 0.240. The summed E-state index contributed by atoms with van der Waals surface area (Å²) >= 11 is 0. The second kappa shape index (κ2) is 9.70. The first-order chi connectivity index (χ1) is 16.7. The molecule has 0 saturated heterocycles. The molecule has 1 fully saturated rings. The van der Waals surface area contributed by atoms with Crippen molar-refractivity contribution >= 4 is 11.6 Å². The van der Waals surface area contributed by atoms with Crippen LogP contribution in [-0.4, -0.2) is 37.7 Å². The van der Waals surface area contributed by atoms with Crippen LogP contribution >= 0.6 is 0 Å². The molecule has 2 heterocycles. The van der Waals surface area contributed by atoms with Gasteiger partial charge in [0, 0.05) is 29.2 Å². The minimum atomic E-state index is -0.249. The van der Waals surface area contributed by atoms with Crippen molar-refractivity contribution in [1.29, 1.82) is 0 Å². The maximum atomic E-state index is 13.0. The van der Waals surface area contributed by atoms with Crippen molar-refractivity contribution in [2.24, 2.45) is 0 Å². The number of anilines is 1. The Hall–Kier alpha value is -4.27. The van der Waals surface area contributed by atoms with Crippen LogP contribution in [0.3, 0.4) is 0 Å². The van der Waals surface area contributed by atoms with E-state index in [4.69, 9.17) is 9.47 Å². The number of tetrazole rings is 1. The molecule has 0 atom stereocenters. The van der Waals surface area contributed by atoms with Crippen molar-refractivity contribution in [1.82, 2.24) is 25.2 Å². The molecule has 1 amide bonds. The summed E-state index contributed by atoms with van der Waals surface area (Å²) in [6.45, 7) is 2.72. The first-order valence-corrected chi connectivity index (χ1v) is 11.2. The molecule has 5 rings (SSSR count). The average molecular weight is 457 g/mol. The minimum Gasteiger partial charge on any atom is -0.490 e. The maximum absolute atomic E-state index is 13.0. The Balaban J connectivity index is 1.31. The number of pyridine rings is 1. The van der Waals surface area contributed by atoms with Gasteiger partial charge < -0.3 is 14.8 Å². The molecule has 0 bridgehead atoms. The topological polar surface area (TPSA) is 104 Å². The summed E-state index contributed by atoms with van der Waals surface area (Å²) in [6, 6.07) is 16.8. The van der Waals surface area contributed by atoms with Crippen molar-refractivity contribution < 1.29 is 14.3 Å². The molecule has 9 nitrogen and oxygen atoms in total. The quantitative estimate of drug-likeness (QED) is 0.400. The third-order valence-corrected chi connectivity index (χ3v) is 5.41. The van der Waals surface area contributed by atoms with Crippen LogP contribution < -0.4 is 14.8 Å². The molecular formula is C25H24N6O3. The lowest BCUT2D eigenvalue weighted by atomic mass is 10.1. The number of ether oxygens (including phenoxy) is 2. The average Bonchev–Trinajstić information content (AvgIpc) is 3.60. The molecule has 1 N–H and O–H groups in total. The normalized spacial score (nSPS) is 12.9. The van der Waals surface area contributed by atoms with Crippen LogP contribution in [0.4, 0.5) is 5.69 Å². The highest BCUT2D eigenvalue weighted by Crippen LogP contribution is 2.37. The summed E-state index contributed by atoms with van der Waals surface area (Å²) in [7, 11) is 0. The third kappa shape index (κ3) is 4.88. The van der Waals surface area contributed by atoms with E-state index in [-0.39, 0.29) is 5.91 Å². The number of hydrogen-bond donors (Lipinski definition) is 1. The van der Waals surface area contributed by atoms with E-state index in [1.807, 2.05) is 48.0 Å². The van der Waals surface area contributed by atoms with Crippen molar-refractivity contribution in [2.75, 3.05) is 11.9 Å². The molecule has 172 valence electrons. The molecule has 1 saturated carbocycles. The highest BCUT2D eigenvalue weighted by Gasteiger charge is 2.28. The lowest BCUT2D eigenvalue weighted by Gasteiger charge is -2.14. The molecule has 0 radical (unpaired) electrons. The Morgan fingerprint density at radius 3 is 2.71 bits per heavy atom. The number of aromatic nitrogens is 5. The van der Waals surface area contributed by atoms with Gasteiger partial charge in [0.25, 0.3) is 5.91 Å². The predicted octanol–water partition coefficient (Wildman–Crippen LogP) is 4.30. The van der Waals surface area contributed by atoms with Crippen molar-refractivity contribution in [3.63, 3.8) is 0 Å². The van der Waals surface area contributed by atoms with E-state index in [1.54, 1.807) is 30.6 Å². The summed E-state index contributed by atoms with van der Waals surface area (Å²) in [4.78, 5) is 17.0. The second-order valence-corrected chi connectivity index (χ2v) is 7.95. The Morgan fingerprint density at radius 2 is 1.91 bits per heavy atom. The van der Waals surface area contributed by atoms with Crippen molar-refractivity contribution in [3.05, 3.63) is 78.1 Å². The Morgan fingerprint density at radius 1 is 1.06 bits per heavy atom. The largest absolute Gasteiger partial charge is 0.490 e. The molecule has 4 aromatic rings. The number of amides is 1. The van der Waals surface area contributed by atoms with Gasteiger partial charge in [0.05, 0.1) is 12.6 Å². The number of rotatable bonds is 9.